The van der Waals surface area contributed by atoms with E-state index in [0.717, 1.165) is 57.5 Å². The number of piperazine rings is 1. The van der Waals surface area contributed by atoms with Crippen LogP contribution in [0.25, 0.3) is 11.0 Å². The summed E-state index contributed by atoms with van der Waals surface area (Å²) in [4.78, 5) is 26.8. The predicted octanol–water partition coefficient (Wildman–Crippen LogP) is 3.70. The number of pyridine rings is 1. The lowest BCUT2D eigenvalue weighted by atomic mass is 10.2. The predicted molar refractivity (Wildman–Crippen MR) is 133 cm³/mol. The molecule has 2 fully saturated rings. The summed E-state index contributed by atoms with van der Waals surface area (Å²) in [6.45, 7) is 4.20. The summed E-state index contributed by atoms with van der Waals surface area (Å²) in [6, 6.07) is 12.0. The SMILES string of the molecule is CN1CCN(c2ccc(Nc3ncc4cc(C#N)c(=O)n(C5CCCC5)c4n3)cc2)CC1.Cl. The largest absolute Gasteiger partial charge is 0.369 e. The first-order valence-corrected chi connectivity index (χ1v) is 11.3. The summed E-state index contributed by atoms with van der Waals surface area (Å²) in [5, 5.41) is 13.4. The average Bonchev–Trinajstić information content (AvgIpc) is 3.34. The van der Waals surface area contributed by atoms with Gasteiger partial charge in [-0.05, 0) is 50.2 Å². The van der Waals surface area contributed by atoms with Gasteiger partial charge in [-0.2, -0.15) is 10.2 Å². The lowest BCUT2D eigenvalue weighted by Crippen LogP contribution is -2.44. The fraction of sp³-hybridized carbons (Fsp3) is 0.417. The maximum atomic E-state index is 12.9. The topological polar surface area (TPSA) is 90.1 Å². The summed E-state index contributed by atoms with van der Waals surface area (Å²) < 4.78 is 1.71. The molecule has 1 N–H and O–H groups in total. The van der Waals surface area contributed by atoms with E-state index in [9.17, 15) is 10.1 Å². The van der Waals surface area contributed by atoms with Gasteiger partial charge in [-0.3, -0.25) is 9.36 Å². The third kappa shape index (κ3) is 4.65. The van der Waals surface area contributed by atoms with E-state index in [-0.39, 0.29) is 29.6 Å². The molecular formula is C24H28ClN7O. The first-order chi connectivity index (χ1) is 15.6. The van der Waals surface area contributed by atoms with Crippen LogP contribution < -0.4 is 15.8 Å². The minimum atomic E-state index is -0.256. The molecule has 0 spiro atoms. The van der Waals surface area contributed by atoms with Crippen LogP contribution in [0.3, 0.4) is 0 Å². The van der Waals surface area contributed by atoms with Crippen molar-refractivity contribution in [3.05, 3.63) is 52.4 Å². The monoisotopic (exact) mass is 465 g/mol. The van der Waals surface area contributed by atoms with Crippen molar-refractivity contribution in [1.82, 2.24) is 19.4 Å². The lowest BCUT2D eigenvalue weighted by Gasteiger charge is -2.34. The summed E-state index contributed by atoms with van der Waals surface area (Å²) in [6.07, 6.45) is 5.74. The Bertz CT molecular complexity index is 1220. The van der Waals surface area contributed by atoms with Crippen LogP contribution in [-0.4, -0.2) is 52.7 Å². The molecule has 1 saturated heterocycles. The van der Waals surface area contributed by atoms with Gasteiger partial charge in [0.2, 0.25) is 5.95 Å². The molecule has 33 heavy (non-hydrogen) atoms. The van der Waals surface area contributed by atoms with Crippen LogP contribution in [0.4, 0.5) is 17.3 Å². The van der Waals surface area contributed by atoms with E-state index in [2.05, 4.69) is 44.3 Å². The maximum absolute atomic E-state index is 12.9. The molecule has 3 aromatic rings. The Balaban J connectivity index is 0.00000259. The van der Waals surface area contributed by atoms with Crippen LogP contribution in [0.2, 0.25) is 0 Å². The Morgan fingerprint density at radius 1 is 1.09 bits per heavy atom. The van der Waals surface area contributed by atoms with Crippen molar-refractivity contribution in [2.24, 2.45) is 0 Å². The number of halogens is 1. The standard InChI is InChI=1S/C24H27N7O.ClH/c1-29-10-12-30(13-11-29)20-8-6-19(7-9-20)27-24-26-16-18-14-17(15-25)23(32)31(22(18)28-24)21-4-2-3-5-21;/h6-9,14,16,21H,2-5,10-13H2,1H3,(H,26,27,28);1H. The van der Waals surface area contributed by atoms with Crippen molar-refractivity contribution in [3.63, 3.8) is 0 Å². The molecule has 0 bridgehead atoms. The van der Waals surface area contributed by atoms with E-state index in [4.69, 9.17) is 0 Å². The molecule has 1 aromatic carbocycles. The number of nitrogens with zero attached hydrogens (tertiary/aromatic N) is 6. The summed E-state index contributed by atoms with van der Waals surface area (Å²) in [7, 11) is 2.15. The van der Waals surface area contributed by atoms with E-state index in [1.165, 1.54) is 5.69 Å². The highest BCUT2D eigenvalue weighted by Crippen LogP contribution is 2.31. The van der Waals surface area contributed by atoms with Gasteiger partial charge in [0.25, 0.3) is 5.56 Å². The van der Waals surface area contributed by atoms with E-state index in [1.807, 2.05) is 18.2 Å². The van der Waals surface area contributed by atoms with Crippen molar-refractivity contribution in [3.8, 4) is 6.07 Å². The van der Waals surface area contributed by atoms with Crippen LogP contribution in [-0.2, 0) is 0 Å². The number of benzene rings is 1. The molecule has 1 aliphatic carbocycles. The summed E-state index contributed by atoms with van der Waals surface area (Å²) in [5.41, 5.74) is 2.58. The van der Waals surface area contributed by atoms with Gasteiger partial charge < -0.3 is 15.1 Å². The van der Waals surface area contributed by atoms with Gasteiger partial charge in [-0.1, -0.05) is 12.8 Å². The highest BCUT2D eigenvalue weighted by molar-refractivity contribution is 5.85. The third-order valence-corrected chi connectivity index (χ3v) is 6.58. The fourth-order valence-electron chi connectivity index (χ4n) is 4.71. The Morgan fingerprint density at radius 2 is 1.79 bits per heavy atom. The summed E-state index contributed by atoms with van der Waals surface area (Å²) in [5.74, 6) is 0.445. The molecule has 0 radical (unpaired) electrons. The van der Waals surface area contributed by atoms with Crippen molar-refractivity contribution in [1.29, 1.82) is 5.26 Å². The Labute approximate surface area is 199 Å². The molecule has 3 heterocycles. The Morgan fingerprint density at radius 3 is 2.45 bits per heavy atom. The van der Waals surface area contributed by atoms with E-state index < -0.39 is 0 Å². The lowest BCUT2D eigenvalue weighted by molar-refractivity contribution is 0.313. The van der Waals surface area contributed by atoms with Crippen LogP contribution in [0.1, 0.15) is 37.3 Å². The Kier molecular flexibility index (Phi) is 6.82. The normalized spacial score (nSPS) is 17.0. The molecule has 5 rings (SSSR count). The third-order valence-electron chi connectivity index (χ3n) is 6.58. The van der Waals surface area contributed by atoms with Crippen LogP contribution in [0.15, 0.2) is 41.3 Å². The van der Waals surface area contributed by atoms with Gasteiger partial charge in [0, 0.05) is 55.2 Å². The van der Waals surface area contributed by atoms with Gasteiger partial charge in [-0.25, -0.2) is 4.98 Å². The van der Waals surface area contributed by atoms with Gasteiger partial charge in [-0.15, -0.1) is 12.4 Å². The number of likely N-dealkylation sites (N-methyl/N-ethyl adjacent to an activating group) is 1. The molecule has 8 nitrogen and oxygen atoms in total. The van der Waals surface area contributed by atoms with Crippen LogP contribution in [0, 0.1) is 11.3 Å². The smallest absolute Gasteiger partial charge is 0.270 e. The minimum absolute atomic E-state index is 0. The zero-order chi connectivity index (χ0) is 22.1. The number of hydrogen-bond donors (Lipinski definition) is 1. The van der Waals surface area contributed by atoms with Gasteiger partial charge >= 0.3 is 0 Å². The second kappa shape index (κ2) is 9.77. The van der Waals surface area contributed by atoms with Gasteiger partial charge in [0.1, 0.15) is 17.3 Å². The molecule has 172 valence electrons. The second-order valence-corrected chi connectivity index (χ2v) is 8.72. The number of anilines is 3. The van der Waals surface area contributed by atoms with Crippen molar-refractivity contribution in [2.75, 3.05) is 43.4 Å². The highest BCUT2D eigenvalue weighted by Gasteiger charge is 2.23. The molecule has 9 heteroatoms. The number of nitriles is 1. The molecule has 0 atom stereocenters. The van der Waals surface area contributed by atoms with Crippen LogP contribution >= 0.6 is 12.4 Å². The summed E-state index contributed by atoms with van der Waals surface area (Å²) >= 11 is 0. The van der Waals surface area contributed by atoms with Gasteiger partial charge in [0.15, 0.2) is 0 Å². The number of nitrogens with one attached hydrogen (secondary N) is 1. The minimum Gasteiger partial charge on any atom is -0.369 e. The van der Waals surface area contributed by atoms with E-state index in [1.54, 1.807) is 16.8 Å². The Hall–Kier alpha value is -3.15. The number of fused-ring (bicyclic) bond motifs is 1. The molecular weight excluding hydrogens is 438 g/mol. The molecule has 1 saturated carbocycles. The average molecular weight is 466 g/mol. The maximum Gasteiger partial charge on any atom is 0.270 e. The number of aromatic nitrogens is 3. The quantitative estimate of drug-likeness (QED) is 0.628. The van der Waals surface area contributed by atoms with Crippen molar-refractivity contribution in [2.45, 2.75) is 31.7 Å². The molecule has 0 amide bonds. The number of rotatable bonds is 4. The molecule has 2 aliphatic rings. The molecule has 2 aromatic heterocycles. The van der Waals surface area contributed by atoms with E-state index in [0.29, 0.717) is 17.0 Å². The zero-order valence-electron chi connectivity index (χ0n) is 18.7. The van der Waals surface area contributed by atoms with Crippen LogP contribution in [0.5, 0.6) is 0 Å². The van der Waals surface area contributed by atoms with Gasteiger partial charge in [0.05, 0.1) is 0 Å². The zero-order valence-corrected chi connectivity index (χ0v) is 19.5. The first-order valence-electron chi connectivity index (χ1n) is 11.3. The second-order valence-electron chi connectivity index (χ2n) is 8.72. The molecule has 0 unspecified atom stereocenters. The number of hydrogen-bond acceptors (Lipinski definition) is 7. The van der Waals surface area contributed by atoms with Crippen molar-refractivity contribution >= 4 is 40.8 Å². The molecule has 1 aliphatic heterocycles. The first kappa shape index (κ1) is 23.0. The fourth-order valence-corrected chi connectivity index (χ4v) is 4.71. The highest BCUT2D eigenvalue weighted by atomic mass is 35.5. The van der Waals surface area contributed by atoms with Crippen molar-refractivity contribution < 1.29 is 0 Å². The van der Waals surface area contributed by atoms with E-state index >= 15 is 0 Å².